The average Bonchev–Trinajstić information content (AvgIpc) is 2.73. The lowest BCUT2D eigenvalue weighted by molar-refractivity contribution is 0.00916. The Balaban J connectivity index is 1.68. The molecule has 1 aromatic heterocycles. The van der Waals surface area contributed by atoms with Gasteiger partial charge >= 0.3 is 0 Å². The minimum Gasteiger partial charge on any atom is -0.378 e. The lowest BCUT2D eigenvalue weighted by atomic mass is 10.0. The Morgan fingerprint density at radius 3 is 3.06 bits per heavy atom. The van der Waals surface area contributed by atoms with Crippen LogP contribution >= 0.6 is 27.3 Å². The van der Waals surface area contributed by atoms with E-state index < -0.39 is 0 Å². The van der Waals surface area contributed by atoms with E-state index in [1.807, 2.05) is 0 Å². The second-order valence-electron chi connectivity index (χ2n) is 4.76. The Labute approximate surface area is 116 Å². The van der Waals surface area contributed by atoms with Gasteiger partial charge in [0.1, 0.15) is 0 Å². The SMILES string of the molecule is NC(CCC1CCCCO1)Cc1cc(Br)cs1. The summed E-state index contributed by atoms with van der Waals surface area (Å²) in [6, 6.07) is 2.44. The van der Waals surface area contributed by atoms with Gasteiger partial charge in [-0.1, -0.05) is 0 Å². The first-order valence-electron chi connectivity index (χ1n) is 6.34. The van der Waals surface area contributed by atoms with Gasteiger partial charge in [-0.25, -0.2) is 0 Å². The quantitative estimate of drug-likeness (QED) is 0.898. The Morgan fingerprint density at radius 1 is 1.53 bits per heavy atom. The second kappa shape index (κ2) is 6.88. The van der Waals surface area contributed by atoms with Crippen LogP contribution in [0, 0.1) is 0 Å². The van der Waals surface area contributed by atoms with Gasteiger partial charge in [0.2, 0.25) is 0 Å². The fourth-order valence-corrected chi connectivity index (χ4v) is 3.80. The third kappa shape index (κ3) is 4.70. The van der Waals surface area contributed by atoms with E-state index in [4.69, 9.17) is 10.5 Å². The van der Waals surface area contributed by atoms with Crippen molar-refractivity contribution in [2.45, 2.75) is 50.7 Å². The zero-order valence-electron chi connectivity index (χ0n) is 10.0. The van der Waals surface area contributed by atoms with Crippen LogP contribution in [0.3, 0.4) is 0 Å². The molecule has 1 aliphatic rings. The maximum Gasteiger partial charge on any atom is 0.0575 e. The van der Waals surface area contributed by atoms with Crippen LogP contribution in [0.4, 0.5) is 0 Å². The van der Waals surface area contributed by atoms with Crippen molar-refractivity contribution in [2.24, 2.45) is 5.73 Å². The Bertz CT molecular complexity index is 336. The number of rotatable bonds is 5. The highest BCUT2D eigenvalue weighted by molar-refractivity contribution is 9.10. The molecule has 1 aliphatic heterocycles. The van der Waals surface area contributed by atoms with Crippen molar-refractivity contribution in [3.05, 3.63) is 20.8 Å². The first-order valence-corrected chi connectivity index (χ1v) is 8.01. The summed E-state index contributed by atoms with van der Waals surface area (Å²) < 4.78 is 6.89. The fourth-order valence-electron chi connectivity index (χ4n) is 2.26. The zero-order valence-corrected chi connectivity index (χ0v) is 12.4. The van der Waals surface area contributed by atoms with E-state index in [2.05, 4.69) is 27.4 Å². The van der Waals surface area contributed by atoms with E-state index in [0.717, 1.165) is 25.9 Å². The predicted molar refractivity (Wildman–Crippen MR) is 76.5 cm³/mol. The smallest absolute Gasteiger partial charge is 0.0575 e. The lowest BCUT2D eigenvalue weighted by Crippen LogP contribution is -2.26. The number of thiophene rings is 1. The van der Waals surface area contributed by atoms with E-state index in [-0.39, 0.29) is 6.04 Å². The molecular weight excluding hydrogens is 298 g/mol. The first kappa shape index (κ1) is 13.5. The normalized spacial score (nSPS) is 22.6. The molecule has 2 rings (SSSR count). The van der Waals surface area contributed by atoms with Crippen LogP contribution < -0.4 is 5.73 Å². The summed E-state index contributed by atoms with van der Waals surface area (Å²) in [7, 11) is 0. The summed E-state index contributed by atoms with van der Waals surface area (Å²) in [6.07, 6.45) is 7.41. The van der Waals surface area contributed by atoms with Crippen LogP contribution in [0.1, 0.15) is 37.0 Å². The van der Waals surface area contributed by atoms with Crippen molar-refractivity contribution >= 4 is 27.3 Å². The highest BCUT2D eigenvalue weighted by Crippen LogP contribution is 2.22. The molecule has 2 N–H and O–H groups in total. The minimum atomic E-state index is 0.270. The Kier molecular flexibility index (Phi) is 5.48. The van der Waals surface area contributed by atoms with Crippen LogP contribution in [-0.2, 0) is 11.2 Å². The van der Waals surface area contributed by atoms with Crippen LogP contribution in [0.2, 0.25) is 0 Å². The molecule has 1 fully saturated rings. The third-order valence-electron chi connectivity index (χ3n) is 3.22. The molecule has 96 valence electrons. The van der Waals surface area contributed by atoms with Gasteiger partial charge in [0.05, 0.1) is 6.10 Å². The number of hydrogen-bond donors (Lipinski definition) is 1. The second-order valence-corrected chi connectivity index (χ2v) is 6.67. The lowest BCUT2D eigenvalue weighted by Gasteiger charge is -2.23. The molecule has 17 heavy (non-hydrogen) atoms. The molecule has 0 aromatic carbocycles. The maximum atomic E-state index is 6.17. The standard InChI is InChI=1S/C13H20BrNOS/c14-10-7-13(17-9-10)8-11(15)4-5-12-3-1-2-6-16-12/h7,9,11-12H,1-6,8,15H2. The molecule has 0 aliphatic carbocycles. The van der Waals surface area contributed by atoms with Crippen molar-refractivity contribution in [3.63, 3.8) is 0 Å². The molecular formula is C13H20BrNOS. The van der Waals surface area contributed by atoms with Crippen molar-refractivity contribution in [2.75, 3.05) is 6.61 Å². The highest BCUT2D eigenvalue weighted by Gasteiger charge is 2.15. The molecule has 2 atom stereocenters. The van der Waals surface area contributed by atoms with Gasteiger partial charge in [-0.2, -0.15) is 0 Å². The van der Waals surface area contributed by atoms with Crippen LogP contribution in [-0.4, -0.2) is 18.8 Å². The average molecular weight is 318 g/mol. The van der Waals surface area contributed by atoms with Crippen molar-refractivity contribution in [1.29, 1.82) is 0 Å². The molecule has 2 heterocycles. The summed E-state index contributed by atoms with van der Waals surface area (Å²) in [5.41, 5.74) is 6.17. The van der Waals surface area contributed by atoms with Gasteiger partial charge in [-0.05, 0) is 60.5 Å². The van der Waals surface area contributed by atoms with Gasteiger partial charge in [-0.15, -0.1) is 11.3 Å². The summed E-state index contributed by atoms with van der Waals surface area (Å²) >= 11 is 5.25. The molecule has 0 spiro atoms. The predicted octanol–water partition coefficient (Wildman–Crippen LogP) is 3.73. The number of halogens is 1. The summed E-state index contributed by atoms with van der Waals surface area (Å²) in [5, 5.41) is 2.12. The summed E-state index contributed by atoms with van der Waals surface area (Å²) in [5.74, 6) is 0. The van der Waals surface area contributed by atoms with Crippen LogP contribution in [0.15, 0.2) is 15.9 Å². The number of nitrogens with two attached hydrogens (primary N) is 1. The Hall–Kier alpha value is 0.1000. The van der Waals surface area contributed by atoms with Crippen molar-refractivity contribution < 1.29 is 4.74 Å². The zero-order chi connectivity index (χ0) is 12.1. The van der Waals surface area contributed by atoms with E-state index in [0.29, 0.717) is 6.10 Å². The van der Waals surface area contributed by atoms with Crippen molar-refractivity contribution in [3.8, 4) is 0 Å². The van der Waals surface area contributed by atoms with E-state index in [1.54, 1.807) is 11.3 Å². The minimum absolute atomic E-state index is 0.270. The van der Waals surface area contributed by atoms with Crippen molar-refractivity contribution in [1.82, 2.24) is 0 Å². The molecule has 4 heteroatoms. The molecule has 2 nitrogen and oxygen atoms in total. The van der Waals surface area contributed by atoms with E-state index in [9.17, 15) is 0 Å². The first-order chi connectivity index (χ1) is 8.24. The topological polar surface area (TPSA) is 35.2 Å². The molecule has 0 bridgehead atoms. The van der Waals surface area contributed by atoms with Crippen LogP contribution in [0.5, 0.6) is 0 Å². The van der Waals surface area contributed by atoms with Crippen LogP contribution in [0.25, 0.3) is 0 Å². The van der Waals surface area contributed by atoms with Gasteiger partial charge in [-0.3, -0.25) is 0 Å². The van der Waals surface area contributed by atoms with E-state index >= 15 is 0 Å². The molecule has 1 saturated heterocycles. The van der Waals surface area contributed by atoms with Gasteiger partial charge in [0, 0.05) is 27.4 Å². The monoisotopic (exact) mass is 317 g/mol. The molecule has 2 unspecified atom stereocenters. The van der Waals surface area contributed by atoms with Gasteiger partial charge in [0.25, 0.3) is 0 Å². The van der Waals surface area contributed by atoms with Gasteiger partial charge < -0.3 is 10.5 Å². The largest absolute Gasteiger partial charge is 0.378 e. The van der Waals surface area contributed by atoms with Gasteiger partial charge in [0.15, 0.2) is 0 Å². The maximum absolute atomic E-state index is 6.17. The molecule has 1 aromatic rings. The molecule has 0 radical (unpaired) electrons. The number of ether oxygens (including phenoxy) is 1. The van der Waals surface area contributed by atoms with E-state index in [1.165, 1.54) is 28.6 Å². The summed E-state index contributed by atoms with van der Waals surface area (Å²) in [4.78, 5) is 1.37. The molecule has 0 amide bonds. The molecule has 0 saturated carbocycles. The Morgan fingerprint density at radius 2 is 2.41 bits per heavy atom. The fraction of sp³-hybridized carbons (Fsp3) is 0.692. The summed E-state index contributed by atoms with van der Waals surface area (Å²) in [6.45, 7) is 0.942. The highest BCUT2D eigenvalue weighted by atomic mass is 79.9. The number of hydrogen-bond acceptors (Lipinski definition) is 3. The third-order valence-corrected chi connectivity index (χ3v) is 4.94.